The van der Waals surface area contributed by atoms with Crippen molar-refractivity contribution in [3.05, 3.63) is 24.2 Å². The van der Waals surface area contributed by atoms with Gasteiger partial charge in [-0.05, 0) is 25.5 Å². The molecule has 0 saturated carbocycles. The van der Waals surface area contributed by atoms with Crippen molar-refractivity contribution in [2.45, 2.75) is 19.8 Å². The number of aryl methyl sites for hydroxylation is 1. The maximum atomic E-state index is 8.55. The van der Waals surface area contributed by atoms with Gasteiger partial charge < -0.3 is 10.6 Å². The van der Waals surface area contributed by atoms with Gasteiger partial charge in [0.05, 0.1) is 0 Å². The monoisotopic (exact) mass is 327 g/mol. The number of rotatable bonds is 7. The van der Waals surface area contributed by atoms with Gasteiger partial charge in [0.1, 0.15) is 11.6 Å². The second kappa shape index (κ2) is 9.09. The van der Waals surface area contributed by atoms with Crippen LogP contribution in [0.25, 0.3) is 11.4 Å². The van der Waals surface area contributed by atoms with Crippen molar-refractivity contribution < 1.29 is 0 Å². The molecule has 9 heteroatoms. The third kappa shape index (κ3) is 4.95. The van der Waals surface area contributed by atoms with Crippen LogP contribution in [0.3, 0.4) is 0 Å². The molecule has 126 valence electrons. The zero-order chi connectivity index (χ0) is 17.2. The lowest BCUT2D eigenvalue weighted by molar-refractivity contribution is 0.734. The Hall–Kier alpha value is -3.15. The van der Waals surface area contributed by atoms with Crippen LogP contribution in [0.5, 0.6) is 0 Å². The van der Waals surface area contributed by atoms with Crippen molar-refractivity contribution in [1.29, 1.82) is 5.26 Å². The number of aromatic nitrogens is 4. The molecule has 0 amide bonds. The number of aromatic amines is 1. The minimum atomic E-state index is 0.462. The van der Waals surface area contributed by atoms with Crippen LogP contribution in [-0.2, 0) is 6.42 Å². The van der Waals surface area contributed by atoms with Gasteiger partial charge in [0, 0.05) is 38.3 Å². The van der Waals surface area contributed by atoms with Gasteiger partial charge in [-0.2, -0.15) is 10.4 Å². The maximum absolute atomic E-state index is 8.55. The summed E-state index contributed by atoms with van der Waals surface area (Å²) in [6.07, 6.45) is 5.15. The molecule has 0 aliphatic heterocycles. The molecule has 0 fully saturated rings. The van der Waals surface area contributed by atoms with E-state index in [2.05, 4.69) is 41.1 Å². The highest BCUT2D eigenvalue weighted by molar-refractivity contribution is 5.80. The van der Waals surface area contributed by atoms with E-state index in [0.717, 1.165) is 36.6 Å². The molecule has 2 aromatic rings. The molecular formula is C15H21N9. The second-order valence-electron chi connectivity index (χ2n) is 4.91. The first-order valence-electron chi connectivity index (χ1n) is 7.74. The van der Waals surface area contributed by atoms with E-state index >= 15 is 0 Å². The van der Waals surface area contributed by atoms with E-state index in [4.69, 9.17) is 5.26 Å². The van der Waals surface area contributed by atoms with Crippen molar-refractivity contribution in [1.82, 2.24) is 30.8 Å². The number of guanidine groups is 1. The molecule has 0 radical (unpaired) electrons. The highest BCUT2D eigenvalue weighted by Gasteiger charge is 2.07. The lowest BCUT2D eigenvalue weighted by atomic mass is 10.2. The zero-order valence-electron chi connectivity index (χ0n) is 13.8. The number of nitrogens with one attached hydrogen (secondary N) is 4. The van der Waals surface area contributed by atoms with Crippen molar-refractivity contribution in [3.63, 3.8) is 0 Å². The van der Waals surface area contributed by atoms with Crippen LogP contribution in [0.1, 0.15) is 19.2 Å². The number of nitrogens with zero attached hydrogens (tertiary/aromatic N) is 5. The molecular weight excluding hydrogens is 306 g/mol. The Kier molecular flexibility index (Phi) is 6.52. The predicted molar refractivity (Wildman–Crippen MR) is 92.2 cm³/mol. The first-order valence-corrected chi connectivity index (χ1v) is 7.74. The van der Waals surface area contributed by atoms with Crippen LogP contribution in [0.4, 0.5) is 5.82 Å². The molecule has 0 bridgehead atoms. The number of hydrogen-bond acceptors (Lipinski definition) is 6. The van der Waals surface area contributed by atoms with Gasteiger partial charge in [0.2, 0.25) is 5.96 Å². The maximum Gasteiger partial charge on any atom is 0.204 e. The van der Waals surface area contributed by atoms with Gasteiger partial charge in [0.15, 0.2) is 12.0 Å². The molecule has 9 nitrogen and oxygen atoms in total. The van der Waals surface area contributed by atoms with Crippen LogP contribution in [0.2, 0.25) is 0 Å². The Balaban J connectivity index is 1.87. The second-order valence-corrected chi connectivity index (χ2v) is 4.91. The van der Waals surface area contributed by atoms with Gasteiger partial charge in [-0.25, -0.2) is 9.97 Å². The topological polar surface area (TPSA) is 127 Å². The fourth-order valence-corrected chi connectivity index (χ4v) is 2.08. The summed E-state index contributed by atoms with van der Waals surface area (Å²) in [5.74, 6) is 2.74. The molecule has 2 rings (SSSR count). The first-order chi connectivity index (χ1) is 11.8. The standard InChI is InChI=1S/C15H21N9/c1-3-18-13-9-11(6-8-19-13)14-22-12(23-24-14)5-4-7-20-15(17-2)21-10-16/h6,8-9H,3-5,7H2,1-2H3,(H,18,19)(H2,17,20,21)(H,22,23,24). The average molecular weight is 327 g/mol. The number of H-pyrrole nitrogens is 1. The van der Waals surface area contributed by atoms with Gasteiger partial charge in [-0.1, -0.05) is 0 Å². The molecule has 0 saturated heterocycles. The molecule has 2 heterocycles. The Bertz CT molecular complexity index is 714. The molecule has 0 unspecified atom stereocenters. The summed E-state index contributed by atoms with van der Waals surface area (Å²) >= 11 is 0. The van der Waals surface area contributed by atoms with Crippen LogP contribution in [0.15, 0.2) is 23.3 Å². The van der Waals surface area contributed by atoms with Crippen LogP contribution < -0.4 is 16.0 Å². The molecule has 2 aromatic heterocycles. The summed E-state index contributed by atoms with van der Waals surface area (Å²) in [7, 11) is 1.62. The summed E-state index contributed by atoms with van der Waals surface area (Å²) in [4.78, 5) is 12.7. The Labute approximate surface area is 140 Å². The number of pyridine rings is 1. The molecule has 0 atom stereocenters. The predicted octanol–water partition coefficient (Wildman–Crippen LogP) is 0.877. The molecule has 4 N–H and O–H groups in total. The average Bonchev–Trinajstić information content (AvgIpc) is 3.07. The largest absolute Gasteiger partial charge is 0.370 e. The Morgan fingerprint density at radius 1 is 1.46 bits per heavy atom. The van der Waals surface area contributed by atoms with Crippen molar-refractivity contribution in [2.24, 2.45) is 4.99 Å². The van der Waals surface area contributed by atoms with Crippen LogP contribution in [-0.4, -0.2) is 46.3 Å². The number of aliphatic imine (C=N–C) groups is 1. The van der Waals surface area contributed by atoms with Crippen molar-refractivity contribution in [2.75, 3.05) is 25.5 Å². The third-order valence-corrected chi connectivity index (χ3v) is 3.19. The minimum Gasteiger partial charge on any atom is -0.370 e. The van der Waals surface area contributed by atoms with E-state index < -0.39 is 0 Å². The smallest absolute Gasteiger partial charge is 0.204 e. The zero-order valence-corrected chi connectivity index (χ0v) is 13.8. The van der Waals surface area contributed by atoms with E-state index in [1.165, 1.54) is 0 Å². The fourth-order valence-electron chi connectivity index (χ4n) is 2.08. The summed E-state index contributed by atoms with van der Waals surface area (Å²) in [5, 5.41) is 24.4. The SMILES string of the molecule is CCNc1cc(-c2n[nH]c(CCCNC(=NC)NC#N)n2)ccn1. The number of anilines is 1. The first kappa shape index (κ1) is 17.2. The van der Waals surface area contributed by atoms with E-state index in [-0.39, 0.29) is 0 Å². The molecule has 0 spiro atoms. The van der Waals surface area contributed by atoms with Crippen molar-refractivity contribution >= 4 is 11.8 Å². The summed E-state index contributed by atoms with van der Waals surface area (Å²) < 4.78 is 0. The number of hydrogen-bond donors (Lipinski definition) is 4. The van der Waals surface area contributed by atoms with Crippen LogP contribution >= 0.6 is 0 Å². The fraction of sp³-hybridized carbons (Fsp3) is 0.400. The summed E-state index contributed by atoms with van der Waals surface area (Å²) in [6.45, 7) is 3.51. The van der Waals surface area contributed by atoms with E-state index in [0.29, 0.717) is 18.3 Å². The van der Waals surface area contributed by atoms with Gasteiger partial charge in [0.25, 0.3) is 0 Å². The van der Waals surface area contributed by atoms with Gasteiger partial charge >= 0.3 is 0 Å². The van der Waals surface area contributed by atoms with E-state index in [1.54, 1.807) is 13.2 Å². The third-order valence-electron chi connectivity index (χ3n) is 3.19. The normalized spacial score (nSPS) is 11.0. The van der Waals surface area contributed by atoms with E-state index in [9.17, 15) is 0 Å². The van der Waals surface area contributed by atoms with Gasteiger partial charge in [-0.3, -0.25) is 15.4 Å². The van der Waals surface area contributed by atoms with Crippen molar-refractivity contribution in [3.8, 4) is 17.6 Å². The van der Waals surface area contributed by atoms with Gasteiger partial charge in [-0.15, -0.1) is 0 Å². The molecule has 0 aromatic carbocycles. The quantitative estimate of drug-likeness (QED) is 0.195. The summed E-state index contributed by atoms with van der Waals surface area (Å²) in [6, 6.07) is 3.81. The number of nitriles is 1. The highest BCUT2D eigenvalue weighted by Crippen LogP contribution is 2.17. The highest BCUT2D eigenvalue weighted by atomic mass is 15.2. The lowest BCUT2D eigenvalue weighted by Crippen LogP contribution is -2.35. The minimum absolute atomic E-state index is 0.462. The van der Waals surface area contributed by atoms with E-state index in [1.807, 2.05) is 25.2 Å². The Morgan fingerprint density at radius 3 is 3.08 bits per heavy atom. The lowest BCUT2D eigenvalue weighted by Gasteiger charge is -2.05. The molecule has 0 aliphatic rings. The summed E-state index contributed by atoms with van der Waals surface area (Å²) in [5.41, 5.74) is 0.917. The molecule has 0 aliphatic carbocycles. The van der Waals surface area contributed by atoms with Crippen LogP contribution in [0, 0.1) is 11.5 Å². The molecule has 24 heavy (non-hydrogen) atoms. The Morgan fingerprint density at radius 2 is 2.33 bits per heavy atom.